The van der Waals surface area contributed by atoms with Crippen LogP contribution in [0.2, 0.25) is 0 Å². The molecule has 6 heteroatoms. The van der Waals surface area contributed by atoms with Crippen LogP contribution in [-0.2, 0) is 19.6 Å². The number of rotatable bonds is 6. The van der Waals surface area contributed by atoms with E-state index in [0.717, 1.165) is 15.4 Å². The maximum absolute atomic E-state index is 12.5. The average Bonchev–Trinajstić information content (AvgIpc) is 2.60. The zero-order valence-electron chi connectivity index (χ0n) is 14.0. The van der Waals surface area contributed by atoms with Crippen LogP contribution >= 0.6 is 0 Å². The lowest BCUT2D eigenvalue weighted by atomic mass is 10.2. The van der Waals surface area contributed by atoms with E-state index < -0.39 is 16.0 Å². The Morgan fingerprint density at radius 3 is 2.28 bits per heavy atom. The highest BCUT2D eigenvalue weighted by molar-refractivity contribution is 7.89. The summed E-state index contributed by atoms with van der Waals surface area (Å²) in [6, 6.07) is 15.6. The maximum atomic E-state index is 12.5. The molecule has 0 saturated carbocycles. The minimum Gasteiger partial charge on any atom is -0.406 e. The molecule has 0 atom stereocenters. The summed E-state index contributed by atoms with van der Waals surface area (Å²) in [6.07, 6.45) is 2.79. The van der Waals surface area contributed by atoms with Gasteiger partial charge in [-0.3, -0.25) is 0 Å². The number of sulfonamides is 1. The van der Waals surface area contributed by atoms with Gasteiger partial charge in [-0.1, -0.05) is 48.0 Å². The van der Waals surface area contributed by atoms with Crippen molar-refractivity contribution in [3.05, 3.63) is 84.3 Å². The monoisotopic (exact) mass is 357 g/mol. The molecular formula is C19H19NO4S. The van der Waals surface area contributed by atoms with Crippen LogP contribution in [0, 0.1) is 6.92 Å². The molecule has 0 aliphatic heterocycles. The smallest absolute Gasteiger partial charge is 0.337 e. The molecule has 2 rings (SSSR count). The molecule has 130 valence electrons. The van der Waals surface area contributed by atoms with Crippen LogP contribution < -0.4 is 0 Å². The Labute approximate surface area is 147 Å². The van der Waals surface area contributed by atoms with Gasteiger partial charge in [0, 0.05) is 13.1 Å². The van der Waals surface area contributed by atoms with Gasteiger partial charge < -0.3 is 4.74 Å². The number of ether oxygens (including phenoxy) is 1. The first-order chi connectivity index (χ1) is 11.8. The summed E-state index contributed by atoms with van der Waals surface area (Å²) >= 11 is 0. The highest BCUT2D eigenvalue weighted by atomic mass is 32.2. The summed E-state index contributed by atoms with van der Waals surface area (Å²) in [6.45, 7) is 5.39. The second kappa shape index (κ2) is 7.81. The van der Waals surface area contributed by atoms with Crippen LogP contribution in [0.15, 0.2) is 78.0 Å². The molecule has 0 fully saturated rings. The Morgan fingerprint density at radius 1 is 1.08 bits per heavy atom. The van der Waals surface area contributed by atoms with Gasteiger partial charge in [0.05, 0.1) is 4.90 Å². The summed E-state index contributed by atoms with van der Waals surface area (Å²) in [5.41, 5.74) is 1.77. The number of aryl methyl sites for hydroxylation is 1. The minimum atomic E-state index is -3.84. The highest BCUT2D eigenvalue weighted by Crippen LogP contribution is 2.19. The molecule has 0 N–H and O–H groups in total. The third-order valence-corrected chi connectivity index (χ3v) is 5.25. The number of nitrogens with zero attached hydrogens (tertiary/aromatic N) is 1. The first-order valence-electron chi connectivity index (χ1n) is 7.50. The van der Waals surface area contributed by atoms with Crippen LogP contribution in [0.4, 0.5) is 0 Å². The quantitative estimate of drug-likeness (QED) is 0.452. The largest absolute Gasteiger partial charge is 0.406 e. The van der Waals surface area contributed by atoms with E-state index in [0.29, 0.717) is 0 Å². The van der Waals surface area contributed by atoms with Crippen molar-refractivity contribution < 1.29 is 17.9 Å². The fraction of sp³-hybridized carbons (Fsp3) is 0.105. The second-order valence-corrected chi connectivity index (χ2v) is 7.31. The Balaban J connectivity index is 2.05. The molecule has 0 heterocycles. The summed E-state index contributed by atoms with van der Waals surface area (Å²) in [5.74, 6) is -0.983. The van der Waals surface area contributed by atoms with Gasteiger partial charge in [0.2, 0.25) is 5.88 Å². The van der Waals surface area contributed by atoms with Gasteiger partial charge in [0.1, 0.15) is 0 Å². The van der Waals surface area contributed by atoms with Gasteiger partial charge in [-0.15, -0.1) is 0 Å². The minimum absolute atomic E-state index is 0.0950. The first kappa shape index (κ1) is 18.5. The topological polar surface area (TPSA) is 63.7 Å². The third kappa shape index (κ3) is 4.81. The van der Waals surface area contributed by atoms with E-state index >= 15 is 0 Å². The Morgan fingerprint density at radius 2 is 1.68 bits per heavy atom. The van der Waals surface area contributed by atoms with Crippen molar-refractivity contribution in [2.75, 3.05) is 7.05 Å². The van der Waals surface area contributed by atoms with Crippen molar-refractivity contribution in [1.29, 1.82) is 0 Å². The number of hydrogen-bond donors (Lipinski definition) is 0. The van der Waals surface area contributed by atoms with Crippen molar-refractivity contribution in [3.8, 4) is 0 Å². The predicted octanol–water partition coefficient (Wildman–Crippen LogP) is 3.34. The van der Waals surface area contributed by atoms with E-state index in [1.165, 1.54) is 25.3 Å². The van der Waals surface area contributed by atoms with Gasteiger partial charge in [-0.25, -0.2) is 17.5 Å². The molecule has 5 nitrogen and oxygen atoms in total. The van der Waals surface area contributed by atoms with Crippen molar-refractivity contribution >= 4 is 22.1 Å². The van der Waals surface area contributed by atoms with Gasteiger partial charge in [0.25, 0.3) is 10.0 Å². The number of benzene rings is 2. The molecule has 0 aromatic heterocycles. The van der Waals surface area contributed by atoms with Crippen LogP contribution in [0.25, 0.3) is 6.08 Å². The third-order valence-electron chi connectivity index (χ3n) is 3.46. The normalized spacial score (nSPS) is 11.3. The molecule has 0 radical (unpaired) electrons. The van der Waals surface area contributed by atoms with Crippen LogP contribution in [0.3, 0.4) is 0 Å². The predicted molar refractivity (Wildman–Crippen MR) is 96.8 cm³/mol. The lowest BCUT2D eigenvalue weighted by molar-refractivity contribution is -0.134. The summed E-state index contributed by atoms with van der Waals surface area (Å²) in [5, 5.41) is 0. The van der Waals surface area contributed by atoms with Crippen molar-refractivity contribution in [2.24, 2.45) is 0 Å². The molecule has 0 saturated heterocycles. The fourth-order valence-corrected chi connectivity index (χ4v) is 3.05. The van der Waals surface area contributed by atoms with Crippen LogP contribution in [0.1, 0.15) is 11.1 Å². The van der Waals surface area contributed by atoms with Gasteiger partial charge in [-0.05, 0) is 37.3 Å². The van der Waals surface area contributed by atoms with Gasteiger partial charge >= 0.3 is 5.97 Å². The molecule has 2 aromatic rings. The fourth-order valence-electron chi connectivity index (χ4n) is 1.95. The van der Waals surface area contributed by atoms with E-state index in [1.54, 1.807) is 18.2 Å². The lowest BCUT2D eigenvalue weighted by Crippen LogP contribution is -2.28. The van der Waals surface area contributed by atoms with Crippen molar-refractivity contribution in [3.63, 3.8) is 0 Å². The van der Waals surface area contributed by atoms with E-state index in [4.69, 9.17) is 4.74 Å². The first-order valence-corrected chi connectivity index (χ1v) is 8.94. The summed E-state index contributed by atoms with van der Waals surface area (Å²) < 4.78 is 30.8. The SMILES string of the molecule is C=C(OC(=O)/C=C/c1ccccc1)N(C)S(=O)(=O)c1ccc(C)cc1. The zero-order valence-corrected chi connectivity index (χ0v) is 14.9. The van der Waals surface area contributed by atoms with Crippen LogP contribution in [-0.4, -0.2) is 25.7 Å². The molecule has 0 aliphatic rings. The Kier molecular flexibility index (Phi) is 5.77. The molecule has 0 bridgehead atoms. The van der Waals surface area contributed by atoms with Crippen LogP contribution in [0.5, 0.6) is 0 Å². The number of hydrogen-bond acceptors (Lipinski definition) is 4. The second-order valence-electron chi connectivity index (χ2n) is 5.34. The molecule has 0 spiro atoms. The van der Waals surface area contributed by atoms with E-state index in [2.05, 4.69) is 6.58 Å². The maximum Gasteiger partial charge on any atom is 0.337 e. The van der Waals surface area contributed by atoms with Gasteiger partial charge in [0.15, 0.2) is 0 Å². The molecule has 2 aromatic carbocycles. The lowest BCUT2D eigenvalue weighted by Gasteiger charge is -2.20. The summed E-state index contributed by atoms with van der Waals surface area (Å²) in [4.78, 5) is 11.9. The molecule has 0 aliphatic carbocycles. The molecule has 25 heavy (non-hydrogen) atoms. The van der Waals surface area contributed by atoms with Gasteiger partial charge in [-0.2, -0.15) is 0 Å². The standard InChI is InChI=1S/C19H19NO4S/c1-15-9-12-18(13-10-15)25(22,23)20(3)16(2)24-19(21)14-11-17-7-5-4-6-8-17/h4-14H,2H2,1,3H3/b14-11+. The average molecular weight is 357 g/mol. The van der Waals surface area contributed by atoms with E-state index in [-0.39, 0.29) is 10.8 Å². The van der Waals surface area contributed by atoms with Crippen molar-refractivity contribution in [2.45, 2.75) is 11.8 Å². The van der Waals surface area contributed by atoms with E-state index in [1.807, 2.05) is 37.3 Å². The molecular weight excluding hydrogens is 338 g/mol. The molecule has 0 unspecified atom stereocenters. The number of esters is 1. The zero-order chi connectivity index (χ0) is 18.4. The Hall–Kier alpha value is -2.86. The Bertz CT molecular complexity index is 885. The van der Waals surface area contributed by atoms with E-state index in [9.17, 15) is 13.2 Å². The number of carbonyl (C=O) groups excluding carboxylic acids is 1. The molecule has 0 amide bonds. The van der Waals surface area contributed by atoms with Crippen molar-refractivity contribution in [1.82, 2.24) is 4.31 Å². The number of carbonyl (C=O) groups is 1. The highest BCUT2D eigenvalue weighted by Gasteiger charge is 2.23. The summed E-state index contributed by atoms with van der Waals surface area (Å²) in [7, 11) is -2.55.